The van der Waals surface area contributed by atoms with Crippen molar-refractivity contribution in [1.29, 1.82) is 0 Å². The van der Waals surface area contributed by atoms with Crippen molar-refractivity contribution in [3.05, 3.63) is 48.0 Å². The van der Waals surface area contributed by atoms with Gasteiger partial charge in [-0.1, -0.05) is 12.1 Å². The zero-order valence-electron chi connectivity index (χ0n) is 24.4. The van der Waals surface area contributed by atoms with Gasteiger partial charge in [0, 0.05) is 31.1 Å². The van der Waals surface area contributed by atoms with Gasteiger partial charge in [0.25, 0.3) is 11.8 Å². The normalized spacial score (nSPS) is 22.1. The minimum absolute atomic E-state index is 0.0273. The number of anilines is 1. The van der Waals surface area contributed by atoms with E-state index in [1.54, 1.807) is 38.1 Å². The summed E-state index contributed by atoms with van der Waals surface area (Å²) >= 11 is 1.46. The maximum atomic E-state index is 13.4. The molecular formula is C27H36N7O8PS. The number of imide groups is 1. The molecule has 44 heavy (non-hydrogen) atoms. The maximum absolute atomic E-state index is 13.4. The third kappa shape index (κ3) is 6.67. The van der Waals surface area contributed by atoms with E-state index in [1.165, 1.54) is 33.9 Å². The van der Waals surface area contributed by atoms with Gasteiger partial charge < -0.3 is 29.7 Å². The van der Waals surface area contributed by atoms with Gasteiger partial charge in [-0.05, 0) is 26.0 Å². The number of hydrogen-bond donors (Lipinski definition) is 3. The Bertz CT molecular complexity index is 1500. The third-order valence-electron chi connectivity index (χ3n) is 7.38. The molecule has 3 aromatic rings. The number of nitrogen functional groups attached to an aromatic ring is 1. The number of rotatable bonds is 15. The Morgan fingerprint density at radius 2 is 1.73 bits per heavy atom. The SMILES string of the molecule is CCOP(=O)(CN(CCSC[C@H]1O[C@@H](n2cnc3c(N)ncnc32)[C@H](O)[C@@H]1O)CCN1C(=O)c2ccccc2C1=O)OCC. The van der Waals surface area contributed by atoms with Gasteiger partial charge >= 0.3 is 7.60 Å². The third-order valence-corrected chi connectivity index (χ3v) is 10.5. The number of carbonyl (C=O) groups excluding carboxylic acids is 2. The molecule has 1 aromatic carbocycles. The lowest BCUT2D eigenvalue weighted by atomic mass is 10.1. The van der Waals surface area contributed by atoms with E-state index >= 15 is 0 Å². The second-order valence-electron chi connectivity index (χ2n) is 10.2. The highest BCUT2D eigenvalue weighted by atomic mass is 32.2. The van der Waals surface area contributed by atoms with Crippen molar-refractivity contribution in [1.82, 2.24) is 29.3 Å². The number of imidazole rings is 1. The van der Waals surface area contributed by atoms with Crippen molar-refractivity contribution in [2.75, 3.05) is 56.4 Å². The van der Waals surface area contributed by atoms with Crippen LogP contribution < -0.4 is 5.73 Å². The van der Waals surface area contributed by atoms with Crippen LogP contribution in [-0.4, -0.2) is 120 Å². The van der Waals surface area contributed by atoms with Crippen LogP contribution in [0.25, 0.3) is 11.2 Å². The highest BCUT2D eigenvalue weighted by Gasteiger charge is 2.44. The first-order valence-corrected chi connectivity index (χ1v) is 17.1. The molecule has 5 rings (SSSR count). The van der Waals surface area contributed by atoms with Crippen LogP contribution in [0.3, 0.4) is 0 Å². The Balaban J connectivity index is 1.20. The maximum Gasteiger partial charge on any atom is 0.344 e. The molecule has 2 aromatic heterocycles. The summed E-state index contributed by atoms with van der Waals surface area (Å²) in [6.07, 6.45) is -1.31. The number of carbonyl (C=O) groups is 2. The first-order chi connectivity index (χ1) is 21.2. The lowest BCUT2D eigenvalue weighted by molar-refractivity contribution is -0.0289. The number of amides is 2. The number of fused-ring (bicyclic) bond motifs is 2. The molecule has 0 aliphatic carbocycles. The van der Waals surface area contributed by atoms with E-state index in [1.807, 2.05) is 4.90 Å². The fourth-order valence-electron chi connectivity index (χ4n) is 5.24. The van der Waals surface area contributed by atoms with Gasteiger partial charge in [0.15, 0.2) is 17.7 Å². The number of thioether (sulfide) groups is 1. The molecule has 4 heterocycles. The predicted molar refractivity (Wildman–Crippen MR) is 162 cm³/mol. The highest BCUT2D eigenvalue weighted by molar-refractivity contribution is 7.99. The molecule has 1 fully saturated rings. The van der Waals surface area contributed by atoms with E-state index in [0.717, 1.165) is 0 Å². The van der Waals surface area contributed by atoms with Gasteiger partial charge in [-0.25, -0.2) is 15.0 Å². The van der Waals surface area contributed by atoms with E-state index in [2.05, 4.69) is 15.0 Å². The average Bonchev–Trinajstić information content (AvgIpc) is 3.63. The number of benzene rings is 1. The Labute approximate surface area is 258 Å². The largest absolute Gasteiger partial charge is 0.387 e. The Hall–Kier alpha value is -2.95. The number of aliphatic hydroxyl groups excluding tert-OH is 2. The van der Waals surface area contributed by atoms with Gasteiger partial charge in [0.05, 0.1) is 36.8 Å². The first-order valence-electron chi connectivity index (χ1n) is 14.3. The minimum Gasteiger partial charge on any atom is -0.387 e. The molecule has 15 nitrogen and oxygen atoms in total. The second-order valence-corrected chi connectivity index (χ2v) is 13.4. The number of hydrogen-bond acceptors (Lipinski definition) is 14. The fourth-order valence-corrected chi connectivity index (χ4v) is 8.10. The first kappa shape index (κ1) is 32.4. The van der Waals surface area contributed by atoms with Crippen LogP contribution in [-0.2, 0) is 18.3 Å². The number of ether oxygens (including phenoxy) is 1. The summed E-state index contributed by atoms with van der Waals surface area (Å²) in [6, 6.07) is 6.68. The van der Waals surface area contributed by atoms with E-state index in [9.17, 15) is 24.4 Å². The van der Waals surface area contributed by atoms with Gasteiger partial charge in [-0.3, -0.25) is 28.5 Å². The molecule has 2 amide bonds. The smallest absolute Gasteiger partial charge is 0.344 e. The molecule has 1 saturated heterocycles. The Kier molecular flexibility index (Phi) is 10.3. The second kappa shape index (κ2) is 14.0. The van der Waals surface area contributed by atoms with Crippen molar-refractivity contribution >= 4 is 48.2 Å². The van der Waals surface area contributed by atoms with E-state index in [0.29, 0.717) is 40.3 Å². The fraction of sp³-hybridized carbons (Fsp3) is 0.519. The zero-order chi connectivity index (χ0) is 31.4. The van der Waals surface area contributed by atoms with Gasteiger partial charge in [-0.15, -0.1) is 0 Å². The van der Waals surface area contributed by atoms with E-state index in [-0.39, 0.29) is 50.2 Å². The average molecular weight is 650 g/mol. The lowest BCUT2D eigenvalue weighted by Gasteiger charge is -2.28. The summed E-state index contributed by atoms with van der Waals surface area (Å²) in [4.78, 5) is 41.1. The molecule has 0 bridgehead atoms. The van der Waals surface area contributed by atoms with E-state index in [4.69, 9.17) is 19.5 Å². The van der Waals surface area contributed by atoms with Crippen molar-refractivity contribution in [3.63, 3.8) is 0 Å². The molecule has 4 N–H and O–H groups in total. The topological polar surface area (TPSA) is 195 Å². The van der Waals surface area contributed by atoms with Crippen molar-refractivity contribution in [2.45, 2.75) is 38.4 Å². The standard InChI is InChI=1S/C27H36N7O8PS/c1-3-40-43(39,41-4-2)16-32(9-10-33-25(37)17-7-5-6-8-18(17)26(33)38)11-12-44-13-19-21(35)22(36)27(42-19)34-15-31-20-23(28)29-14-30-24(20)34/h5-8,14-15,19,21-22,27,35-36H,3-4,9-13,16H2,1-2H3,(H2,28,29,30)/t19-,21-,22-,27-/m1/s1. The van der Waals surface area contributed by atoms with Gasteiger partial charge in [0.2, 0.25) is 0 Å². The molecule has 0 spiro atoms. The summed E-state index contributed by atoms with van der Waals surface area (Å²) in [7, 11) is -3.47. The molecule has 17 heteroatoms. The molecule has 238 valence electrons. The zero-order valence-corrected chi connectivity index (χ0v) is 26.1. The van der Waals surface area contributed by atoms with Crippen LogP contribution in [0.5, 0.6) is 0 Å². The number of nitrogens with zero attached hydrogens (tertiary/aromatic N) is 6. The molecule has 4 atom stereocenters. The number of aliphatic hydroxyl groups is 2. The lowest BCUT2D eigenvalue weighted by Crippen LogP contribution is -2.39. The van der Waals surface area contributed by atoms with Crippen LogP contribution in [0.2, 0.25) is 0 Å². The highest BCUT2D eigenvalue weighted by Crippen LogP contribution is 2.48. The summed E-state index contributed by atoms with van der Waals surface area (Å²) < 4.78 is 31.9. The number of nitrogens with two attached hydrogens (primary N) is 1. The summed E-state index contributed by atoms with van der Waals surface area (Å²) in [5.41, 5.74) is 7.35. The van der Waals surface area contributed by atoms with Crippen LogP contribution in [0.1, 0.15) is 40.8 Å². The predicted octanol–water partition coefficient (Wildman–Crippen LogP) is 1.58. The molecule has 2 aliphatic rings. The quantitative estimate of drug-likeness (QED) is 0.122. The number of aromatic nitrogens is 4. The van der Waals surface area contributed by atoms with Crippen LogP contribution in [0.15, 0.2) is 36.9 Å². The summed E-state index contributed by atoms with van der Waals surface area (Å²) in [6.45, 7) is 4.61. The summed E-state index contributed by atoms with van der Waals surface area (Å²) in [5.74, 6) is 0.334. The van der Waals surface area contributed by atoms with Crippen molar-refractivity contribution in [3.8, 4) is 0 Å². The monoisotopic (exact) mass is 649 g/mol. The Morgan fingerprint density at radius 1 is 1.05 bits per heavy atom. The molecule has 0 saturated carbocycles. The molecule has 2 aliphatic heterocycles. The van der Waals surface area contributed by atoms with E-state index < -0.39 is 32.1 Å². The summed E-state index contributed by atoms with van der Waals surface area (Å²) in [5, 5.41) is 21.5. The molecule has 0 unspecified atom stereocenters. The van der Waals surface area contributed by atoms with Gasteiger partial charge in [-0.2, -0.15) is 11.8 Å². The van der Waals surface area contributed by atoms with Crippen molar-refractivity contribution < 1.29 is 38.2 Å². The van der Waals surface area contributed by atoms with Crippen LogP contribution >= 0.6 is 19.4 Å². The van der Waals surface area contributed by atoms with Crippen molar-refractivity contribution in [2.24, 2.45) is 0 Å². The minimum atomic E-state index is -3.47. The van der Waals surface area contributed by atoms with Crippen LogP contribution in [0.4, 0.5) is 5.82 Å². The molecular weight excluding hydrogens is 613 g/mol. The Morgan fingerprint density at radius 3 is 2.39 bits per heavy atom. The van der Waals surface area contributed by atoms with Crippen LogP contribution in [0, 0.1) is 0 Å². The van der Waals surface area contributed by atoms with Gasteiger partial charge in [0.1, 0.15) is 30.3 Å². The molecule has 0 radical (unpaired) electrons.